The van der Waals surface area contributed by atoms with E-state index in [1.165, 1.54) is 6.42 Å². The summed E-state index contributed by atoms with van der Waals surface area (Å²) >= 11 is 0. The number of benzene rings is 1. The average molecular weight is 276 g/mol. The van der Waals surface area contributed by atoms with E-state index in [0.29, 0.717) is 5.75 Å². The predicted molar refractivity (Wildman–Crippen MR) is 78.3 cm³/mol. The van der Waals surface area contributed by atoms with Gasteiger partial charge in [-0.3, -0.25) is 5.41 Å². The monoisotopic (exact) mass is 276 g/mol. The zero-order valence-corrected chi connectivity index (χ0v) is 11.4. The molecular formula is C14H20N4O2. The van der Waals surface area contributed by atoms with Crippen LogP contribution in [0, 0.1) is 5.41 Å². The number of ether oxygens (including phenoxy) is 1. The highest BCUT2D eigenvalue weighted by atomic mass is 16.5. The first-order valence-corrected chi connectivity index (χ1v) is 6.77. The summed E-state index contributed by atoms with van der Waals surface area (Å²) in [4.78, 5) is 13.8. The van der Waals surface area contributed by atoms with Crippen LogP contribution >= 0.6 is 0 Å². The number of carbonyl (C=O) groups excluding carboxylic acids is 1. The van der Waals surface area contributed by atoms with Crippen LogP contribution in [0.25, 0.3) is 0 Å². The van der Waals surface area contributed by atoms with Crippen LogP contribution in [0.4, 0.5) is 10.5 Å². The molecule has 1 aliphatic rings. The minimum absolute atomic E-state index is 0.0209. The number of nitrogens with two attached hydrogens (primary N) is 1. The standard InChI is InChI=1S/C14H20N4O2/c15-13(16)10-20-12-6-4-11(5-7-12)17-14(19)18-8-2-1-3-9-18/h4-7H,1-3,8-10H2,(H3,15,16)(H,17,19). The summed E-state index contributed by atoms with van der Waals surface area (Å²) < 4.78 is 5.27. The number of urea groups is 1. The van der Waals surface area contributed by atoms with E-state index in [0.717, 1.165) is 31.6 Å². The van der Waals surface area contributed by atoms with Crippen molar-refractivity contribution in [3.8, 4) is 5.75 Å². The van der Waals surface area contributed by atoms with E-state index in [2.05, 4.69) is 5.32 Å². The molecule has 0 unspecified atom stereocenters. The number of hydrogen-bond acceptors (Lipinski definition) is 3. The van der Waals surface area contributed by atoms with Crippen LogP contribution in [0.15, 0.2) is 24.3 Å². The molecule has 20 heavy (non-hydrogen) atoms. The average Bonchev–Trinajstić information content (AvgIpc) is 2.47. The Labute approximate surface area is 118 Å². The molecule has 108 valence electrons. The Bertz CT molecular complexity index is 467. The molecule has 1 aliphatic heterocycles. The Balaban J connectivity index is 1.86. The number of carbonyl (C=O) groups is 1. The second-order valence-corrected chi connectivity index (χ2v) is 4.82. The number of amidine groups is 1. The van der Waals surface area contributed by atoms with Crippen LogP contribution < -0.4 is 15.8 Å². The molecule has 1 heterocycles. The lowest BCUT2D eigenvalue weighted by Crippen LogP contribution is -2.38. The number of nitrogens with zero attached hydrogens (tertiary/aromatic N) is 1. The molecule has 0 atom stereocenters. The van der Waals surface area contributed by atoms with E-state index >= 15 is 0 Å². The summed E-state index contributed by atoms with van der Waals surface area (Å²) in [5.74, 6) is 0.601. The molecule has 1 saturated heterocycles. The van der Waals surface area contributed by atoms with Gasteiger partial charge in [0.25, 0.3) is 0 Å². The number of hydrogen-bond donors (Lipinski definition) is 3. The van der Waals surface area contributed by atoms with Gasteiger partial charge in [-0.15, -0.1) is 0 Å². The van der Waals surface area contributed by atoms with Crippen LogP contribution in [-0.4, -0.2) is 36.5 Å². The maximum absolute atomic E-state index is 12.0. The third kappa shape index (κ3) is 4.15. The molecule has 0 radical (unpaired) electrons. The molecule has 0 aromatic heterocycles. The van der Waals surface area contributed by atoms with Crippen LogP contribution in [0.3, 0.4) is 0 Å². The smallest absolute Gasteiger partial charge is 0.321 e. The van der Waals surface area contributed by atoms with Gasteiger partial charge in [-0.05, 0) is 43.5 Å². The topological polar surface area (TPSA) is 91.4 Å². The third-order valence-corrected chi connectivity index (χ3v) is 3.14. The van der Waals surface area contributed by atoms with Crippen molar-refractivity contribution < 1.29 is 9.53 Å². The molecule has 0 saturated carbocycles. The molecule has 1 aromatic carbocycles. The highest BCUT2D eigenvalue weighted by Crippen LogP contribution is 2.17. The second-order valence-electron chi connectivity index (χ2n) is 4.82. The zero-order chi connectivity index (χ0) is 14.4. The van der Waals surface area contributed by atoms with Gasteiger partial charge in [0.2, 0.25) is 0 Å². The highest BCUT2D eigenvalue weighted by molar-refractivity contribution is 5.89. The SMILES string of the molecule is N=C(N)COc1ccc(NC(=O)N2CCCCC2)cc1. The van der Waals surface area contributed by atoms with E-state index in [9.17, 15) is 4.79 Å². The quantitative estimate of drug-likeness (QED) is 0.580. The second kappa shape index (κ2) is 6.79. The molecule has 0 bridgehead atoms. The van der Waals surface area contributed by atoms with Crippen molar-refractivity contribution in [2.75, 3.05) is 25.0 Å². The lowest BCUT2D eigenvalue weighted by atomic mass is 10.1. The lowest BCUT2D eigenvalue weighted by Gasteiger charge is -2.26. The van der Waals surface area contributed by atoms with Crippen molar-refractivity contribution in [2.45, 2.75) is 19.3 Å². The van der Waals surface area contributed by atoms with E-state index < -0.39 is 0 Å². The summed E-state index contributed by atoms with van der Waals surface area (Å²) in [7, 11) is 0. The van der Waals surface area contributed by atoms with Gasteiger partial charge < -0.3 is 20.7 Å². The van der Waals surface area contributed by atoms with Crippen molar-refractivity contribution >= 4 is 17.6 Å². The Hall–Kier alpha value is -2.24. The lowest BCUT2D eigenvalue weighted by molar-refractivity contribution is 0.200. The summed E-state index contributed by atoms with van der Waals surface area (Å²) in [5, 5.41) is 9.95. The predicted octanol–water partition coefficient (Wildman–Crippen LogP) is 2.02. The fourth-order valence-electron chi connectivity index (χ4n) is 2.10. The first kappa shape index (κ1) is 14.2. The van der Waals surface area contributed by atoms with Crippen LogP contribution in [0.5, 0.6) is 5.75 Å². The largest absolute Gasteiger partial charge is 0.486 e. The summed E-state index contributed by atoms with van der Waals surface area (Å²) in [6.45, 7) is 1.72. The highest BCUT2D eigenvalue weighted by Gasteiger charge is 2.16. The van der Waals surface area contributed by atoms with Gasteiger partial charge in [0.05, 0.1) is 0 Å². The zero-order valence-electron chi connectivity index (χ0n) is 11.4. The number of likely N-dealkylation sites (tertiary alicyclic amines) is 1. The summed E-state index contributed by atoms with van der Waals surface area (Å²) in [6, 6.07) is 6.99. The van der Waals surface area contributed by atoms with Gasteiger partial charge in [0.15, 0.2) is 0 Å². The van der Waals surface area contributed by atoms with Crippen LogP contribution in [0.1, 0.15) is 19.3 Å². The van der Waals surface area contributed by atoms with Crippen molar-refractivity contribution in [1.82, 2.24) is 4.90 Å². The maximum atomic E-state index is 12.0. The molecule has 2 amide bonds. The molecule has 6 nitrogen and oxygen atoms in total. The van der Waals surface area contributed by atoms with Gasteiger partial charge in [-0.1, -0.05) is 0 Å². The first-order chi connectivity index (χ1) is 9.65. The van der Waals surface area contributed by atoms with Crippen LogP contribution in [-0.2, 0) is 0 Å². The molecule has 0 spiro atoms. The maximum Gasteiger partial charge on any atom is 0.321 e. The van der Waals surface area contributed by atoms with Crippen molar-refractivity contribution in [1.29, 1.82) is 5.41 Å². The van der Waals surface area contributed by atoms with Gasteiger partial charge in [-0.2, -0.15) is 0 Å². The van der Waals surface area contributed by atoms with Gasteiger partial charge in [0.1, 0.15) is 18.2 Å². The van der Waals surface area contributed by atoms with E-state index in [-0.39, 0.29) is 18.5 Å². The van der Waals surface area contributed by atoms with E-state index in [1.54, 1.807) is 24.3 Å². The Morgan fingerprint density at radius 1 is 1.25 bits per heavy atom. The van der Waals surface area contributed by atoms with Gasteiger partial charge in [-0.25, -0.2) is 4.79 Å². The first-order valence-electron chi connectivity index (χ1n) is 6.77. The Morgan fingerprint density at radius 3 is 2.50 bits per heavy atom. The number of anilines is 1. The van der Waals surface area contributed by atoms with Gasteiger partial charge in [0, 0.05) is 18.8 Å². The number of nitrogens with one attached hydrogen (secondary N) is 2. The molecule has 0 aliphatic carbocycles. The normalized spacial score (nSPS) is 14.7. The fourth-order valence-corrected chi connectivity index (χ4v) is 2.10. The number of amides is 2. The number of rotatable bonds is 4. The minimum atomic E-state index is -0.0536. The molecule has 4 N–H and O–H groups in total. The third-order valence-electron chi connectivity index (χ3n) is 3.14. The van der Waals surface area contributed by atoms with Crippen molar-refractivity contribution in [2.24, 2.45) is 5.73 Å². The fraction of sp³-hybridized carbons (Fsp3) is 0.429. The van der Waals surface area contributed by atoms with Crippen LogP contribution in [0.2, 0.25) is 0 Å². The van der Waals surface area contributed by atoms with Gasteiger partial charge >= 0.3 is 6.03 Å². The number of piperidine rings is 1. The minimum Gasteiger partial charge on any atom is -0.486 e. The molecule has 2 rings (SSSR count). The van der Waals surface area contributed by atoms with Crippen molar-refractivity contribution in [3.63, 3.8) is 0 Å². The molecule has 6 heteroatoms. The van der Waals surface area contributed by atoms with E-state index in [1.807, 2.05) is 4.90 Å². The molecule has 1 fully saturated rings. The summed E-state index contributed by atoms with van der Waals surface area (Å²) in [5.41, 5.74) is 5.95. The molecular weight excluding hydrogens is 256 g/mol. The van der Waals surface area contributed by atoms with E-state index in [4.69, 9.17) is 15.9 Å². The Kier molecular flexibility index (Phi) is 4.81. The molecule has 1 aromatic rings. The van der Waals surface area contributed by atoms with Crippen molar-refractivity contribution in [3.05, 3.63) is 24.3 Å². The summed E-state index contributed by atoms with van der Waals surface area (Å²) in [6.07, 6.45) is 3.35. The Morgan fingerprint density at radius 2 is 1.90 bits per heavy atom.